The maximum atomic E-state index is 14.0. The van der Waals surface area contributed by atoms with Crippen molar-refractivity contribution < 1.29 is 27.9 Å². The summed E-state index contributed by atoms with van der Waals surface area (Å²) in [6.45, 7) is 3.43. The summed E-state index contributed by atoms with van der Waals surface area (Å²) in [6.07, 6.45) is 3.48. The number of nitrogens with zero attached hydrogens (tertiary/aromatic N) is 4. The van der Waals surface area contributed by atoms with Crippen LogP contribution in [0.5, 0.6) is 0 Å². The van der Waals surface area contributed by atoms with Crippen LogP contribution in [0, 0.1) is 11.8 Å². The van der Waals surface area contributed by atoms with Crippen molar-refractivity contribution in [2.24, 2.45) is 11.8 Å². The van der Waals surface area contributed by atoms with Gasteiger partial charge >= 0.3 is 6.18 Å². The summed E-state index contributed by atoms with van der Waals surface area (Å²) in [7, 11) is 0. The molecule has 0 radical (unpaired) electrons. The average molecular weight is 669 g/mol. The highest BCUT2D eigenvalue weighted by molar-refractivity contribution is 6.34. The number of likely N-dealkylation sites (tertiary alicyclic amines) is 2. The molecule has 0 bridgehead atoms. The van der Waals surface area contributed by atoms with Gasteiger partial charge in [-0.05, 0) is 86.3 Å². The van der Waals surface area contributed by atoms with Gasteiger partial charge in [0.1, 0.15) is 0 Å². The number of amides is 2. The fraction of sp³-hybridized carbons (Fsp3) is 0.472. The number of carbonyl (C=O) groups is 2. The number of aromatic nitrogens is 1. The van der Waals surface area contributed by atoms with Gasteiger partial charge in [0, 0.05) is 68.8 Å². The molecular formula is C36H40ClF3N4O3. The summed E-state index contributed by atoms with van der Waals surface area (Å²) < 4.78 is 42.0. The van der Waals surface area contributed by atoms with Gasteiger partial charge in [0.2, 0.25) is 0 Å². The number of carbonyl (C=O) groups excluding carboxylic acids is 2. The molecular weight excluding hydrogens is 629 g/mol. The molecule has 0 aliphatic carbocycles. The van der Waals surface area contributed by atoms with Gasteiger partial charge in [0.25, 0.3) is 17.4 Å². The van der Waals surface area contributed by atoms with Crippen LogP contribution in [0.2, 0.25) is 5.02 Å². The maximum absolute atomic E-state index is 14.0. The molecule has 1 aromatic heterocycles. The van der Waals surface area contributed by atoms with Crippen LogP contribution in [0.15, 0.2) is 73.1 Å². The zero-order chi connectivity index (χ0) is 33.2. The van der Waals surface area contributed by atoms with Gasteiger partial charge in [-0.15, -0.1) is 0 Å². The molecule has 6 rings (SSSR count). The minimum atomic E-state index is -5.13. The summed E-state index contributed by atoms with van der Waals surface area (Å²) in [5, 5.41) is 11.1. The van der Waals surface area contributed by atoms with E-state index in [0.29, 0.717) is 54.3 Å². The zero-order valence-corrected chi connectivity index (χ0v) is 27.0. The van der Waals surface area contributed by atoms with Crippen molar-refractivity contribution in [1.82, 2.24) is 14.8 Å². The number of hydrogen-bond donors (Lipinski definition) is 1. The van der Waals surface area contributed by atoms with Gasteiger partial charge in [-0.2, -0.15) is 13.2 Å². The molecule has 4 heterocycles. The molecule has 2 atom stereocenters. The number of alkyl halides is 3. The van der Waals surface area contributed by atoms with Crippen LogP contribution in [0.3, 0.4) is 0 Å². The van der Waals surface area contributed by atoms with Crippen molar-refractivity contribution in [3.05, 3.63) is 94.8 Å². The first-order chi connectivity index (χ1) is 22.5. The minimum Gasteiger partial charge on any atom is -0.371 e. The van der Waals surface area contributed by atoms with E-state index in [4.69, 9.17) is 11.6 Å². The van der Waals surface area contributed by atoms with Crippen LogP contribution in [0.25, 0.3) is 0 Å². The Morgan fingerprint density at radius 2 is 1.45 bits per heavy atom. The topological polar surface area (TPSA) is 77.0 Å². The number of aliphatic hydroxyl groups is 1. The zero-order valence-electron chi connectivity index (χ0n) is 26.2. The lowest BCUT2D eigenvalue weighted by molar-refractivity contribution is -0.262. The minimum absolute atomic E-state index is 0.0484. The Morgan fingerprint density at radius 1 is 0.830 bits per heavy atom. The van der Waals surface area contributed by atoms with E-state index in [1.807, 2.05) is 35.2 Å². The number of piperidine rings is 2. The molecule has 0 spiro atoms. The lowest BCUT2D eigenvalue weighted by Crippen LogP contribution is -2.57. The molecule has 250 valence electrons. The normalized spacial score (nSPS) is 21.1. The van der Waals surface area contributed by atoms with Crippen molar-refractivity contribution in [2.75, 3.05) is 44.2 Å². The van der Waals surface area contributed by atoms with Crippen molar-refractivity contribution >= 4 is 29.1 Å². The molecule has 7 nitrogen and oxygen atoms in total. The van der Waals surface area contributed by atoms with Crippen molar-refractivity contribution in [1.29, 1.82) is 0 Å². The average Bonchev–Trinajstić information content (AvgIpc) is 3.59. The molecule has 3 aromatic rings. The highest BCUT2D eigenvalue weighted by Crippen LogP contribution is 2.42. The lowest BCUT2D eigenvalue weighted by atomic mass is 9.82. The number of hydrogen-bond acceptors (Lipinski definition) is 5. The summed E-state index contributed by atoms with van der Waals surface area (Å²) in [5.41, 5.74) is -1.32. The second-order valence-electron chi connectivity index (χ2n) is 13.2. The Labute approximate surface area is 278 Å². The van der Waals surface area contributed by atoms with Gasteiger partial charge < -0.3 is 19.8 Å². The molecule has 2 aromatic carbocycles. The molecule has 1 N–H and O–H groups in total. The Kier molecular flexibility index (Phi) is 9.80. The summed E-state index contributed by atoms with van der Waals surface area (Å²) >= 11 is 6.67. The predicted molar refractivity (Wildman–Crippen MR) is 174 cm³/mol. The van der Waals surface area contributed by atoms with E-state index < -0.39 is 23.2 Å². The quantitative estimate of drug-likeness (QED) is 0.305. The van der Waals surface area contributed by atoms with Gasteiger partial charge in [-0.25, -0.2) is 0 Å². The van der Waals surface area contributed by atoms with Crippen LogP contribution in [0.1, 0.15) is 65.9 Å². The molecule has 3 fully saturated rings. The Balaban J connectivity index is 0.981. The van der Waals surface area contributed by atoms with E-state index in [-0.39, 0.29) is 19.0 Å². The fourth-order valence-electron chi connectivity index (χ4n) is 7.48. The van der Waals surface area contributed by atoms with E-state index >= 15 is 0 Å². The molecule has 1 unspecified atom stereocenters. The maximum Gasteiger partial charge on any atom is 0.430 e. The highest BCUT2D eigenvalue weighted by atomic mass is 35.5. The Hall–Kier alpha value is -3.63. The monoisotopic (exact) mass is 668 g/mol. The van der Waals surface area contributed by atoms with E-state index in [9.17, 15) is 27.9 Å². The molecule has 47 heavy (non-hydrogen) atoms. The largest absolute Gasteiger partial charge is 0.430 e. The fourth-order valence-corrected chi connectivity index (χ4v) is 7.74. The van der Waals surface area contributed by atoms with Crippen LogP contribution in [-0.2, 0) is 10.4 Å². The van der Waals surface area contributed by atoms with Crippen LogP contribution in [-0.4, -0.2) is 77.1 Å². The first-order valence-electron chi connectivity index (χ1n) is 16.4. The third-order valence-corrected chi connectivity index (χ3v) is 10.6. The van der Waals surface area contributed by atoms with Crippen LogP contribution < -0.4 is 4.90 Å². The van der Waals surface area contributed by atoms with E-state index in [0.717, 1.165) is 56.6 Å². The second-order valence-corrected chi connectivity index (χ2v) is 13.6. The third-order valence-electron chi connectivity index (χ3n) is 10.3. The standard InChI is InChI=1S/C36H40ClF3N4O3/c37-32-23-30(6-7-31(32)33(45)44-21-14-28(24-44)27-8-15-41-16-9-27)42-17-10-25(11-18-42)22-26-12-19-43(20-13-26)34(46)35(47,36(38,39)40)29-4-2-1-3-5-29/h1-9,15-16,23,25-26,28,47H,10-14,17-22,24H2/t28?,35-/m1/s1. The van der Waals surface area contributed by atoms with Crippen molar-refractivity contribution in [2.45, 2.75) is 56.2 Å². The second kappa shape index (κ2) is 13.8. The Bertz CT molecular complexity index is 1540. The molecule has 11 heteroatoms. The SMILES string of the molecule is O=C(c1ccc(N2CCC(CC3CCN(C(=O)[C@](O)(c4ccccc4)C(F)(F)F)CC3)CC2)cc1Cl)N1CCC(c2ccncc2)C1. The van der Waals surface area contributed by atoms with Gasteiger partial charge in [-0.3, -0.25) is 14.6 Å². The van der Waals surface area contributed by atoms with E-state index in [1.54, 1.807) is 18.5 Å². The molecule has 2 amide bonds. The molecule has 3 saturated heterocycles. The van der Waals surface area contributed by atoms with Gasteiger partial charge in [-0.1, -0.05) is 41.9 Å². The van der Waals surface area contributed by atoms with Crippen LogP contribution >= 0.6 is 11.6 Å². The van der Waals surface area contributed by atoms with Crippen molar-refractivity contribution in [3.63, 3.8) is 0 Å². The first-order valence-corrected chi connectivity index (χ1v) is 16.8. The molecule has 3 aliphatic heterocycles. The number of pyridine rings is 1. The predicted octanol–water partition coefficient (Wildman–Crippen LogP) is 6.66. The number of benzene rings is 2. The third kappa shape index (κ3) is 6.99. The van der Waals surface area contributed by atoms with Gasteiger partial charge in [0.15, 0.2) is 0 Å². The summed E-state index contributed by atoms with van der Waals surface area (Å²) in [4.78, 5) is 35.8. The first kappa shape index (κ1) is 33.3. The van der Waals surface area contributed by atoms with Crippen molar-refractivity contribution in [3.8, 4) is 0 Å². The smallest absolute Gasteiger partial charge is 0.371 e. The number of halogens is 4. The molecule has 0 saturated carbocycles. The summed E-state index contributed by atoms with van der Waals surface area (Å²) in [5.74, 6) is -0.258. The lowest BCUT2D eigenvalue weighted by Gasteiger charge is -2.40. The molecule has 3 aliphatic rings. The van der Waals surface area contributed by atoms with E-state index in [2.05, 4.69) is 9.88 Å². The number of anilines is 1. The Morgan fingerprint density at radius 3 is 2.06 bits per heavy atom. The van der Waals surface area contributed by atoms with Gasteiger partial charge in [0.05, 0.1) is 10.6 Å². The highest BCUT2D eigenvalue weighted by Gasteiger charge is 2.62. The number of rotatable bonds is 7. The summed E-state index contributed by atoms with van der Waals surface area (Å²) in [6, 6.07) is 16.3. The van der Waals surface area contributed by atoms with E-state index in [1.165, 1.54) is 22.6 Å². The van der Waals surface area contributed by atoms with Crippen LogP contribution in [0.4, 0.5) is 18.9 Å².